The van der Waals surface area contributed by atoms with Crippen LogP contribution in [0, 0.1) is 11.3 Å². The first-order valence-corrected chi connectivity index (χ1v) is 7.90. The molecule has 0 aliphatic carbocycles. The molecule has 0 fully saturated rings. The second-order valence-corrected chi connectivity index (χ2v) is 6.54. The van der Waals surface area contributed by atoms with E-state index < -0.39 is 22.4 Å². The largest absolute Gasteiger partial charge is 0.389 e. The lowest BCUT2D eigenvalue weighted by atomic mass is 10.2. The maximum Gasteiger partial charge on any atom is 0.389 e. The van der Waals surface area contributed by atoms with Gasteiger partial charge in [-0.2, -0.15) is 18.4 Å². The van der Waals surface area contributed by atoms with Crippen molar-refractivity contribution in [3.63, 3.8) is 0 Å². The molecule has 1 N–H and O–H groups in total. The van der Waals surface area contributed by atoms with Crippen molar-refractivity contribution in [2.75, 3.05) is 18.8 Å². The summed E-state index contributed by atoms with van der Waals surface area (Å²) >= 11 is 0. The SMILES string of the molecule is N#Cc1cccc(S(=O)(=O)CCNCCCC(F)(F)F)c1. The van der Waals surface area contributed by atoms with Gasteiger partial charge < -0.3 is 5.32 Å². The van der Waals surface area contributed by atoms with E-state index in [0.29, 0.717) is 0 Å². The maximum absolute atomic E-state index is 12.0. The lowest BCUT2D eigenvalue weighted by Crippen LogP contribution is -2.25. The quantitative estimate of drug-likeness (QED) is 0.782. The number of benzene rings is 1. The third-order valence-electron chi connectivity index (χ3n) is 2.68. The van der Waals surface area contributed by atoms with Crippen molar-refractivity contribution in [2.24, 2.45) is 0 Å². The van der Waals surface area contributed by atoms with Gasteiger partial charge in [0.05, 0.1) is 22.3 Å². The molecular weight excluding hydrogens is 305 g/mol. The summed E-state index contributed by atoms with van der Waals surface area (Å²) in [5.41, 5.74) is 0.245. The average Bonchev–Trinajstić information content (AvgIpc) is 2.41. The molecule has 0 atom stereocenters. The molecule has 0 spiro atoms. The van der Waals surface area contributed by atoms with Gasteiger partial charge in [-0.15, -0.1) is 0 Å². The van der Waals surface area contributed by atoms with Gasteiger partial charge in [0.2, 0.25) is 0 Å². The Morgan fingerprint density at radius 3 is 2.57 bits per heavy atom. The first-order chi connectivity index (χ1) is 9.74. The molecule has 116 valence electrons. The third kappa shape index (κ3) is 6.60. The smallest absolute Gasteiger partial charge is 0.316 e. The van der Waals surface area contributed by atoms with Crippen LogP contribution in [0.4, 0.5) is 13.2 Å². The minimum atomic E-state index is -4.19. The maximum atomic E-state index is 12.0. The normalized spacial score (nSPS) is 12.1. The van der Waals surface area contributed by atoms with Crippen molar-refractivity contribution in [3.05, 3.63) is 29.8 Å². The molecule has 1 rings (SSSR count). The lowest BCUT2D eigenvalue weighted by molar-refractivity contribution is -0.135. The van der Waals surface area contributed by atoms with E-state index in [1.54, 1.807) is 0 Å². The number of halogens is 3. The van der Waals surface area contributed by atoms with Gasteiger partial charge in [-0.25, -0.2) is 8.42 Å². The van der Waals surface area contributed by atoms with E-state index in [1.807, 2.05) is 6.07 Å². The van der Waals surface area contributed by atoms with E-state index in [-0.39, 0.29) is 35.7 Å². The Kier molecular flexibility index (Phi) is 6.18. The summed E-state index contributed by atoms with van der Waals surface area (Å²) in [6, 6.07) is 7.49. The Labute approximate surface area is 121 Å². The van der Waals surface area contributed by atoms with E-state index in [2.05, 4.69) is 5.32 Å². The van der Waals surface area contributed by atoms with Gasteiger partial charge in [0.15, 0.2) is 9.84 Å². The first kappa shape index (κ1) is 17.5. The molecule has 4 nitrogen and oxygen atoms in total. The summed E-state index contributed by atoms with van der Waals surface area (Å²) in [4.78, 5) is 0.0404. The topological polar surface area (TPSA) is 70.0 Å². The molecule has 0 radical (unpaired) electrons. The van der Waals surface area contributed by atoms with Crippen LogP contribution < -0.4 is 5.32 Å². The molecule has 0 bridgehead atoms. The number of alkyl halides is 3. The molecule has 0 saturated carbocycles. The Hall–Kier alpha value is -1.59. The van der Waals surface area contributed by atoms with Gasteiger partial charge in [0.1, 0.15) is 0 Å². The fourth-order valence-corrected chi connectivity index (χ4v) is 2.86. The van der Waals surface area contributed by atoms with Crippen molar-refractivity contribution < 1.29 is 21.6 Å². The number of nitrogens with zero attached hydrogens (tertiary/aromatic N) is 1. The lowest BCUT2D eigenvalue weighted by Gasteiger charge is -2.08. The van der Waals surface area contributed by atoms with Crippen molar-refractivity contribution in [3.8, 4) is 6.07 Å². The standard InChI is InChI=1S/C13H15F3N2O2S/c14-13(15,16)5-2-6-18-7-8-21(19,20)12-4-1-3-11(9-12)10-17/h1,3-4,9,18H,2,5-8H2. The summed E-state index contributed by atoms with van der Waals surface area (Å²) in [6.45, 7) is 0.171. The fraction of sp³-hybridized carbons (Fsp3) is 0.462. The van der Waals surface area contributed by atoms with E-state index >= 15 is 0 Å². The Balaban J connectivity index is 2.42. The van der Waals surface area contributed by atoms with Gasteiger partial charge in [0, 0.05) is 13.0 Å². The predicted molar refractivity (Wildman–Crippen MR) is 71.4 cm³/mol. The molecule has 0 aliphatic rings. The highest BCUT2D eigenvalue weighted by Crippen LogP contribution is 2.20. The van der Waals surface area contributed by atoms with Crippen molar-refractivity contribution in [2.45, 2.75) is 23.9 Å². The van der Waals surface area contributed by atoms with Crippen LogP contribution in [-0.2, 0) is 9.84 Å². The van der Waals surface area contributed by atoms with Crippen molar-refractivity contribution >= 4 is 9.84 Å². The van der Waals surface area contributed by atoms with Gasteiger partial charge in [-0.05, 0) is 31.2 Å². The Morgan fingerprint density at radius 2 is 1.95 bits per heavy atom. The number of hydrogen-bond donors (Lipinski definition) is 1. The van der Waals surface area contributed by atoms with E-state index in [0.717, 1.165) is 0 Å². The summed E-state index contributed by atoms with van der Waals surface area (Å²) in [6.07, 6.45) is -5.17. The molecular formula is C13H15F3N2O2S. The monoisotopic (exact) mass is 320 g/mol. The highest BCUT2D eigenvalue weighted by atomic mass is 32.2. The average molecular weight is 320 g/mol. The summed E-state index contributed by atoms with van der Waals surface area (Å²) < 4.78 is 59.6. The van der Waals surface area contributed by atoms with E-state index in [9.17, 15) is 21.6 Å². The van der Waals surface area contributed by atoms with E-state index in [1.165, 1.54) is 24.3 Å². The molecule has 0 aliphatic heterocycles. The van der Waals surface area contributed by atoms with Crippen LogP contribution in [0.2, 0.25) is 0 Å². The van der Waals surface area contributed by atoms with Gasteiger partial charge in [-0.1, -0.05) is 6.07 Å². The number of hydrogen-bond acceptors (Lipinski definition) is 4. The number of nitrogens with one attached hydrogen (secondary N) is 1. The third-order valence-corrected chi connectivity index (χ3v) is 4.40. The van der Waals surface area contributed by atoms with Crippen LogP contribution >= 0.6 is 0 Å². The van der Waals surface area contributed by atoms with Crippen LogP contribution in [-0.4, -0.2) is 33.4 Å². The van der Waals surface area contributed by atoms with Crippen LogP contribution in [0.25, 0.3) is 0 Å². The Morgan fingerprint density at radius 1 is 1.24 bits per heavy atom. The molecule has 0 amide bonds. The summed E-state index contributed by atoms with van der Waals surface area (Å²) in [7, 11) is -3.54. The van der Waals surface area contributed by atoms with Gasteiger partial charge in [-0.3, -0.25) is 0 Å². The number of sulfone groups is 1. The van der Waals surface area contributed by atoms with Crippen LogP contribution in [0.5, 0.6) is 0 Å². The second kappa shape index (κ2) is 7.43. The fourth-order valence-electron chi connectivity index (χ4n) is 1.62. The number of rotatable bonds is 7. The predicted octanol–water partition coefficient (Wildman–Crippen LogP) is 2.26. The molecule has 0 unspecified atom stereocenters. The van der Waals surface area contributed by atoms with Crippen LogP contribution in [0.3, 0.4) is 0 Å². The van der Waals surface area contributed by atoms with Gasteiger partial charge >= 0.3 is 6.18 Å². The van der Waals surface area contributed by atoms with Gasteiger partial charge in [0.25, 0.3) is 0 Å². The molecule has 1 aromatic carbocycles. The molecule has 1 aromatic rings. The van der Waals surface area contributed by atoms with Crippen molar-refractivity contribution in [1.82, 2.24) is 5.32 Å². The first-order valence-electron chi connectivity index (χ1n) is 6.25. The zero-order chi connectivity index (χ0) is 15.9. The molecule has 0 aromatic heterocycles. The molecule has 0 heterocycles. The molecule has 0 saturated heterocycles. The van der Waals surface area contributed by atoms with Crippen LogP contribution in [0.1, 0.15) is 18.4 Å². The Bertz CT molecular complexity index is 607. The minimum Gasteiger partial charge on any atom is -0.316 e. The summed E-state index contributed by atoms with van der Waals surface area (Å²) in [5.74, 6) is -0.228. The van der Waals surface area contributed by atoms with Crippen LogP contribution in [0.15, 0.2) is 29.2 Å². The molecule has 8 heteroatoms. The van der Waals surface area contributed by atoms with E-state index in [4.69, 9.17) is 5.26 Å². The van der Waals surface area contributed by atoms with Crippen molar-refractivity contribution in [1.29, 1.82) is 5.26 Å². The number of nitriles is 1. The second-order valence-electron chi connectivity index (χ2n) is 4.43. The highest BCUT2D eigenvalue weighted by Gasteiger charge is 2.25. The molecule has 21 heavy (non-hydrogen) atoms. The minimum absolute atomic E-state index is 0.0404. The summed E-state index contributed by atoms with van der Waals surface area (Å²) in [5, 5.41) is 11.4. The highest BCUT2D eigenvalue weighted by molar-refractivity contribution is 7.91. The zero-order valence-corrected chi connectivity index (χ0v) is 12.0. The zero-order valence-electron chi connectivity index (χ0n) is 11.2.